The lowest BCUT2D eigenvalue weighted by Crippen LogP contribution is -2.59. The summed E-state index contributed by atoms with van der Waals surface area (Å²) in [5.41, 5.74) is 0.600. The molecule has 0 bridgehead atoms. The molecule has 0 radical (unpaired) electrons. The first-order valence-corrected chi connectivity index (χ1v) is 12.9. The third-order valence-electron chi connectivity index (χ3n) is 6.93. The summed E-state index contributed by atoms with van der Waals surface area (Å²) in [5.74, 6) is -5.05. The first kappa shape index (κ1) is 29.6. The van der Waals surface area contributed by atoms with Gasteiger partial charge in [-0.05, 0) is 50.5 Å². The van der Waals surface area contributed by atoms with Crippen LogP contribution in [0.15, 0.2) is 48.8 Å². The van der Waals surface area contributed by atoms with Crippen molar-refractivity contribution in [1.29, 1.82) is 0 Å². The Morgan fingerprint density at radius 1 is 1.10 bits per heavy atom. The zero-order valence-electron chi connectivity index (χ0n) is 22.4. The van der Waals surface area contributed by atoms with E-state index in [4.69, 9.17) is 9.47 Å². The Labute approximate surface area is 226 Å². The van der Waals surface area contributed by atoms with Gasteiger partial charge in [0.15, 0.2) is 0 Å². The zero-order chi connectivity index (χ0) is 28.7. The van der Waals surface area contributed by atoms with Crippen molar-refractivity contribution in [3.63, 3.8) is 0 Å². The summed E-state index contributed by atoms with van der Waals surface area (Å²) in [4.78, 5) is 56.7. The van der Waals surface area contributed by atoms with Gasteiger partial charge in [0.1, 0.15) is 17.9 Å². The van der Waals surface area contributed by atoms with Crippen molar-refractivity contribution in [1.82, 2.24) is 15.6 Å². The average molecular weight is 542 g/mol. The number of aromatic hydroxyl groups is 1. The Kier molecular flexibility index (Phi) is 10.00. The molecule has 2 amide bonds. The van der Waals surface area contributed by atoms with Gasteiger partial charge in [-0.15, -0.1) is 0 Å². The van der Waals surface area contributed by atoms with Crippen LogP contribution in [0.25, 0.3) is 0 Å². The van der Waals surface area contributed by atoms with E-state index in [1.807, 2.05) is 6.92 Å². The number of carbonyl (C=O) groups is 4. The van der Waals surface area contributed by atoms with Crippen LogP contribution in [0.5, 0.6) is 5.75 Å². The molecule has 1 aromatic carbocycles. The molecule has 1 aliphatic rings. The molecule has 11 nitrogen and oxygen atoms in total. The van der Waals surface area contributed by atoms with E-state index in [9.17, 15) is 29.4 Å². The second kappa shape index (κ2) is 13.2. The van der Waals surface area contributed by atoms with Crippen LogP contribution in [-0.4, -0.2) is 69.3 Å². The van der Waals surface area contributed by atoms with Crippen molar-refractivity contribution >= 4 is 23.8 Å². The van der Waals surface area contributed by atoms with Crippen LogP contribution in [0.2, 0.25) is 0 Å². The van der Waals surface area contributed by atoms with Gasteiger partial charge in [-0.1, -0.05) is 32.0 Å². The molecule has 7 atom stereocenters. The van der Waals surface area contributed by atoms with Gasteiger partial charge in [-0.3, -0.25) is 19.4 Å². The molecule has 0 aliphatic carbocycles. The fourth-order valence-corrected chi connectivity index (χ4v) is 4.23. The minimum atomic E-state index is -1.41. The number of aliphatic hydroxyl groups is 1. The molecule has 11 heteroatoms. The van der Waals surface area contributed by atoms with Gasteiger partial charge in [0.25, 0.3) is 5.91 Å². The fourth-order valence-electron chi connectivity index (χ4n) is 4.23. The highest BCUT2D eigenvalue weighted by atomic mass is 16.6. The number of phenols is 1. The van der Waals surface area contributed by atoms with Crippen LogP contribution in [-0.2, 0) is 30.3 Å². The summed E-state index contributed by atoms with van der Waals surface area (Å²) < 4.78 is 11.1. The number of cyclic esters (lactones) is 2. The lowest BCUT2D eigenvalue weighted by Gasteiger charge is -2.34. The van der Waals surface area contributed by atoms with Gasteiger partial charge in [-0.25, -0.2) is 4.79 Å². The second-order valence-corrected chi connectivity index (χ2v) is 9.81. The van der Waals surface area contributed by atoms with E-state index in [0.29, 0.717) is 12.0 Å². The van der Waals surface area contributed by atoms with E-state index in [1.165, 1.54) is 26.0 Å². The fraction of sp³-hybridized carbons (Fsp3) is 0.464. The van der Waals surface area contributed by atoms with Crippen molar-refractivity contribution < 1.29 is 38.9 Å². The molecule has 7 unspecified atom stereocenters. The quantitative estimate of drug-likeness (QED) is 0.397. The van der Waals surface area contributed by atoms with Gasteiger partial charge < -0.3 is 30.3 Å². The summed E-state index contributed by atoms with van der Waals surface area (Å²) in [7, 11) is 0. The molecule has 2 aromatic rings. The average Bonchev–Trinajstić information content (AvgIpc) is 2.92. The van der Waals surface area contributed by atoms with Crippen LogP contribution in [0.1, 0.15) is 50.0 Å². The predicted molar refractivity (Wildman–Crippen MR) is 139 cm³/mol. The van der Waals surface area contributed by atoms with Gasteiger partial charge in [0.05, 0.1) is 23.6 Å². The standard InChI is InChI=1S/C28H35N3O8/c1-5-15(2)24-28(37)38-17(4)22(31-25(34)19-10-6-7-11-21(19)32)26(35)30-20(13-18-9-8-12-29-14-18)23(33)16(3)27(36)39-24/h6-12,14-17,20,22-24,32-33H,5,13H2,1-4H3,(H,30,35)(H,31,34). The highest BCUT2D eigenvalue weighted by Crippen LogP contribution is 2.22. The Morgan fingerprint density at radius 2 is 1.82 bits per heavy atom. The first-order valence-electron chi connectivity index (χ1n) is 12.9. The number of aliphatic hydroxyl groups excluding tert-OH is 1. The Balaban J connectivity index is 2.00. The van der Waals surface area contributed by atoms with Gasteiger partial charge in [0, 0.05) is 18.3 Å². The molecule has 3 rings (SSSR count). The number of amides is 2. The summed E-state index contributed by atoms with van der Waals surface area (Å²) in [6, 6.07) is 6.85. The van der Waals surface area contributed by atoms with Crippen LogP contribution < -0.4 is 10.6 Å². The van der Waals surface area contributed by atoms with Gasteiger partial charge in [-0.2, -0.15) is 0 Å². The van der Waals surface area contributed by atoms with E-state index < -0.39 is 66.0 Å². The highest BCUT2D eigenvalue weighted by Gasteiger charge is 2.41. The smallest absolute Gasteiger partial charge is 0.348 e. The molecular formula is C28H35N3O8. The Morgan fingerprint density at radius 3 is 2.46 bits per heavy atom. The summed E-state index contributed by atoms with van der Waals surface area (Å²) in [5, 5.41) is 26.6. The SMILES string of the molecule is CCC(C)C1OC(=O)C(C)C(O)C(Cc2cccnc2)NC(=O)C(NC(=O)c2ccccc2O)C(C)OC1=O. The van der Waals surface area contributed by atoms with E-state index >= 15 is 0 Å². The van der Waals surface area contributed by atoms with Crippen LogP contribution in [0.4, 0.5) is 0 Å². The predicted octanol–water partition coefficient (Wildman–Crippen LogP) is 1.51. The maximum absolute atomic E-state index is 13.6. The van der Waals surface area contributed by atoms with Crippen molar-refractivity contribution in [2.45, 2.75) is 70.9 Å². The molecule has 1 saturated heterocycles. The van der Waals surface area contributed by atoms with Crippen molar-refractivity contribution in [3.8, 4) is 5.75 Å². The number of benzene rings is 1. The number of hydrogen-bond acceptors (Lipinski definition) is 9. The van der Waals surface area contributed by atoms with Crippen molar-refractivity contribution in [2.24, 2.45) is 11.8 Å². The normalized spacial score (nSPS) is 27.2. The number of pyridine rings is 1. The molecule has 1 fully saturated rings. The van der Waals surface area contributed by atoms with Crippen LogP contribution >= 0.6 is 0 Å². The summed E-state index contributed by atoms with van der Waals surface area (Å²) >= 11 is 0. The summed E-state index contributed by atoms with van der Waals surface area (Å²) in [6.45, 7) is 6.40. The van der Waals surface area contributed by atoms with Gasteiger partial charge >= 0.3 is 11.9 Å². The number of para-hydroxylation sites is 1. The monoisotopic (exact) mass is 541 g/mol. The third kappa shape index (κ3) is 7.32. The molecule has 4 N–H and O–H groups in total. The molecular weight excluding hydrogens is 506 g/mol. The molecule has 39 heavy (non-hydrogen) atoms. The lowest BCUT2D eigenvalue weighted by molar-refractivity contribution is -0.180. The number of hydrogen-bond donors (Lipinski definition) is 4. The van der Waals surface area contributed by atoms with Crippen molar-refractivity contribution in [2.75, 3.05) is 0 Å². The number of nitrogens with zero attached hydrogens (tertiary/aromatic N) is 1. The van der Waals surface area contributed by atoms with E-state index in [-0.39, 0.29) is 17.7 Å². The highest BCUT2D eigenvalue weighted by molar-refractivity contribution is 5.99. The minimum absolute atomic E-state index is 0.0816. The topological polar surface area (TPSA) is 164 Å². The molecule has 2 heterocycles. The molecule has 0 spiro atoms. The molecule has 210 valence electrons. The van der Waals surface area contributed by atoms with E-state index in [1.54, 1.807) is 43.6 Å². The van der Waals surface area contributed by atoms with E-state index in [0.717, 1.165) is 0 Å². The van der Waals surface area contributed by atoms with E-state index in [2.05, 4.69) is 15.6 Å². The molecule has 0 saturated carbocycles. The number of phenolic OH excluding ortho intramolecular Hbond substituents is 1. The lowest BCUT2D eigenvalue weighted by atomic mass is 9.92. The zero-order valence-corrected chi connectivity index (χ0v) is 22.4. The first-order chi connectivity index (χ1) is 18.5. The molecule has 1 aliphatic heterocycles. The number of esters is 2. The maximum atomic E-state index is 13.6. The number of aromatic nitrogens is 1. The number of rotatable bonds is 6. The number of carbonyl (C=O) groups excluding carboxylic acids is 4. The maximum Gasteiger partial charge on any atom is 0.348 e. The molecule has 1 aromatic heterocycles. The van der Waals surface area contributed by atoms with Crippen LogP contribution in [0.3, 0.4) is 0 Å². The third-order valence-corrected chi connectivity index (χ3v) is 6.93. The van der Waals surface area contributed by atoms with Gasteiger partial charge in [0.2, 0.25) is 12.0 Å². The second-order valence-electron chi connectivity index (χ2n) is 9.81. The van der Waals surface area contributed by atoms with Crippen LogP contribution in [0, 0.1) is 11.8 Å². The summed E-state index contributed by atoms with van der Waals surface area (Å²) in [6.07, 6.45) is -0.149. The number of nitrogens with one attached hydrogen (secondary N) is 2. The minimum Gasteiger partial charge on any atom is -0.507 e. The Hall–Kier alpha value is -3.99. The Bertz CT molecular complexity index is 1170. The van der Waals surface area contributed by atoms with Crippen molar-refractivity contribution in [3.05, 3.63) is 59.9 Å². The number of ether oxygens (including phenoxy) is 2. The largest absolute Gasteiger partial charge is 0.507 e.